The van der Waals surface area contributed by atoms with Crippen molar-refractivity contribution in [1.82, 2.24) is 0 Å². The van der Waals surface area contributed by atoms with Crippen LogP contribution in [0.1, 0.15) is 48.5 Å². The van der Waals surface area contributed by atoms with Crippen LogP contribution in [0.5, 0.6) is 0 Å². The minimum atomic E-state index is -0.538. The molecule has 1 radical (unpaired) electrons. The van der Waals surface area contributed by atoms with Crippen LogP contribution in [0, 0.1) is 11.8 Å². The van der Waals surface area contributed by atoms with Gasteiger partial charge in [-0.05, 0) is 0 Å². The van der Waals surface area contributed by atoms with E-state index in [4.69, 9.17) is 0 Å². The summed E-state index contributed by atoms with van der Waals surface area (Å²) in [5, 5.41) is 3.03. The van der Waals surface area contributed by atoms with Crippen molar-refractivity contribution >= 4 is 33.0 Å². The summed E-state index contributed by atoms with van der Waals surface area (Å²) in [6, 6.07) is 0. The molecule has 0 heterocycles. The third-order valence-electron chi connectivity index (χ3n) is 2.74. The van der Waals surface area contributed by atoms with Crippen molar-refractivity contribution in [2.45, 2.75) is 63.3 Å². The van der Waals surface area contributed by atoms with Crippen LogP contribution in [0.4, 0.5) is 0 Å². The first-order chi connectivity index (χ1) is 5.73. The summed E-state index contributed by atoms with van der Waals surface area (Å²) in [5.41, 5.74) is 0. The Morgan fingerprint density at radius 2 is 1.14 bits per heavy atom. The second kappa shape index (κ2) is 7.41. The van der Waals surface area contributed by atoms with Gasteiger partial charge in [0, 0.05) is 18.9 Å². The number of hydrogen-bond acceptors (Lipinski definition) is 0. The predicted octanol–water partition coefficient (Wildman–Crippen LogP) is 4.21. The summed E-state index contributed by atoms with van der Waals surface area (Å²) in [6.07, 6.45) is 0. The summed E-state index contributed by atoms with van der Waals surface area (Å²) in [5.74, 6) is 1.80. The molecule has 0 spiro atoms. The Bertz CT molecular complexity index is 126. The van der Waals surface area contributed by atoms with Crippen LogP contribution in [0.3, 0.4) is 0 Å². The molecule has 79 valence electrons. The van der Waals surface area contributed by atoms with Gasteiger partial charge in [0.05, 0.1) is 0 Å². The molecule has 0 fully saturated rings. The Morgan fingerprint density at radius 1 is 0.857 bits per heavy atom. The van der Waals surface area contributed by atoms with Crippen molar-refractivity contribution < 1.29 is 0 Å². The fourth-order valence-electron chi connectivity index (χ4n) is 1.94. The molecule has 0 aliphatic rings. The van der Waals surface area contributed by atoms with Gasteiger partial charge in [0.1, 0.15) is 0 Å². The van der Waals surface area contributed by atoms with Crippen LogP contribution in [0.15, 0.2) is 0 Å². The van der Waals surface area contributed by atoms with E-state index in [0.717, 1.165) is 11.8 Å². The zero-order chi connectivity index (χ0) is 10.6. The summed E-state index contributed by atoms with van der Waals surface area (Å²) >= 11 is -0.538. The Kier molecular flexibility index (Phi) is 9.28. The van der Waals surface area contributed by atoms with Gasteiger partial charge in [-0.25, -0.2) is 0 Å². The molecule has 14 heavy (non-hydrogen) atoms. The van der Waals surface area contributed by atoms with Crippen LogP contribution in [-0.2, 0) is 0 Å². The Hall–Kier alpha value is 1.13. The van der Waals surface area contributed by atoms with Crippen LogP contribution in [-0.4, -0.2) is 33.0 Å². The van der Waals surface area contributed by atoms with E-state index in [0.29, 0.717) is 4.28 Å². The third kappa shape index (κ3) is 8.44. The van der Waals surface area contributed by atoms with Crippen molar-refractivity contribution in [3.63, 3.8) is 0 Å². The zero-order valence-corrected chi connectivity index (χ0v) is 12.8. The van der Waals surface area contributed by atoms with E-state index in [9.17, 15) is 0 Å². The molecule has 0 amide bonds. The molecule has 0 rings (SSSR count). The van der Waals surface area contributed by atoms with Gasteiger partial charge in [-0.15, -0.1) is 0 Å². The van der Waals surface area contributed by atoms with Crippen LogP contribution >= 0.6 is 0 Å². The topological polar surface area (TPSA) is 0 Å². The zero-order valence-electron chi connectivity index (χ0n) is 11.6. The van der Waals surface area contributed by atoms with Crippen LogP contribution < -0.4 is 0 Å². The van der Waals surface area contributed by atoms with E-state index in [1.54, 1.807) is 0 Å². The molecule has 0 bridgehead atoms. The maximum Gasteiger partial charge on any atom is 0.268 e. The molecule has 0 saturated heterocycles. The Balaban J connectivity index is 0. The Morgan fingerprint density at radius 3 is 1.29 bits per heavy atom. The molecule has 0 aromatic rings. The van der Waals surface area contributed by atoms with Gasteiger partial charge in [0.15, 0.2) is 0 Å². The molecular weight excluding hydrogens is 178 g/mol. The van der Waals surface area contributed by atoms with E-state index >= 15 is 0 Å². The molecule has 0 aromatic heterocycles. The summed E-state index contributed by atoms with van der Waals surface area (Å²) in [7, 11) is 0. The maximum absolute atomic E-state index is 2.44. The van der Waals surface area contributed by atoms with Gasteiger partial charge < -0.3 is 0 Å². The van der Waals surface area contributed by atoms with Crippen molar-refractivity contribution in [1.29, 1.82) is 0 Å². The second-order valence-electron chi connectivity index (χ2n) is 6.32. The van der Waals surface area contributed by atoms with Crippen molar-refractivity contribution in [3.05, 3.63) is 0 Å². The van der Waals surface area contributed by atoms with Gasteiger partial charge in [-0.1, -0.05) is 75.1 Å². The molecule has 0 saturated carbocycles. The summed E-state index contributed by atoms with van der Waals surface area (Å²) < 4.78 is 0.620. The van der Waals surface area contributed by atoms with E-state index in [-0.39, 0.29) is 18.9 Å². The third-order valence-corrected chi connectivity index (χ3v) is 8.21. The average Bonchev–Trinajstić information content (AvgIpc) is 1.81. The fraction of sp³-hybridized carbons (Fsp3) is 1.00. The molecular formula is C12H27AlLi. The minimum absolute atomic E-state index is 0. The first-order valence-corrected chi connectivity index (χ1v) is 7.94. The quantitative estimate of drug-likeness (QED) is 0.603. The van der Waals surface area contributed by atoms with Gasteiger partial charge in [0.25, 0.3) is 14.1 Å². The van der Waals surface area contributed by atoms with Gasteiger partial charge in [0.2, 0.25) is 0 Å². The van der Waals surface area contributed by atoms with Crippen molar-refractivity contribution in [3.8, 4) is 0 Å². The minimum Gasteiger partial charge on any atom is -0.0912 e. The molecule has 0 N–H and O–H groups in total. The first-order valence-electron chi connectivity index (χ1n) is 5.73. The van der Waals surface area contributed by atoms with Crippen molar-refractivity contribution in [2.75, 3.05) is 0 Å². The van der Waals surface area contributed by atoms with Gasteiger partial charge in [-0.3, -0.25) is 0 Å². The molecule has 0 aromatic carbocycles. The molecule has 0 aliphatic carbocycles. The molecule has 0 unspecified atom stereocenters. The molecule has 2 heteroatoms. The fourth-order valence-corrected chi connectivity index (χ4v) is 5.82. The smallest absolute Gasteiger partial charge is 0.0912 e. The van der Waals surface area contributed by atoms with Gasteiger partial charge >= 0.3 is 0 Å². The first kappa shape index (κ1) is 17.5. The van der Waals surface area contributed by atoms with E-state index in [2.05, 4.69) is 48.5 Å². The average molecular weight is 205 g/mol. The Labute approximate surface area is 108 Å². The predicted molar refractivity (Wildman–Crippen MR) is 70.5 cm³/mol. The SMILES string of the molecule is CC(C)[CH2][Al]([CH2]C(C)C)[C](C)(C)C.[Li]. The number of hydrogen-bond donors (Lipinski definition) is 0. The molecule has 0 aliphatic heterocycles. The second-order valence-corrected chi connectivity index (χ2v) is 10.4. The molecule has 0 nitrogen and oxygen atoms in total. The van der Waals surface area contributed by atoms with E-state index in [1.807, 2.05) is 0 Å². The summed E-state index contributed by atoms with van der Waals surface area (Å²) in [6.45, 7) is 16.8. The van der Waals surface area contributed by atoms with Crippen molar-refractivity contribution in [2.24, 2.45) is 11.8 Å². The monoisotopic (exact) mass is 205 g/mol. The number of rotatable bonds is 4. The largest absolute Gasteiger partial charge is 0.268 e. The van der Waals surface area contributed by atoms with E-state index < -0.39 is 14.1 Å². The van der Waals surface area contributed by atoms with Gasteiger partial charge in [-0.2, -0.15) is 0 Å². The maximum atomic E-state index is 2.44. The normalized spacial score (nSPS) is 11.8. The van der Waals surface area contributed by atoms with E-state index in [1.165, 1.54) is 10.6 Å². The van der Waals surface area contributed by atoms with Crippen LogP contribution in [0.25, 0.3) is 0 Å². The van der Waals surface area contributed by atoms with Crippen LogP contribution in [0.2, 0.25) is 14.8 Å². The standard InChI is InChI=1S/3C4H9.Al.Li/c3*1-4(2)3;;/h1-3H3;2*4H,1H2,2-3H3;;. The molecule has 0 atom stereocenters. The summed E-state index contributed by atoms with van der Waals surface area (Å²) in [4.78, 5) is 0.